The van der Waals surface area contributed by atoms with Gasteiger partial charge in [-0.2, -0.15) is 0 Å². The zero-order chi connectivity index (χ0) is 21.8. The number of nitrogens with two attached hydrogens (primary N) is 1. The number of amides is 2. The van der Waals surface area contributed by atoms with Crippen molar-refractivity contribution in [3.63, 3.8) is 0 Å². The maximum Gasteiger partial charge on any atom is 0.341 e. The fraction of sp³-hybridized carbons (Fsp3) is 0.238. The lowest BCUT2D eigenvalue weighted by molar-refractivity contribution is -0.116. The lowest BCUT2D eigenvalue weighted by atomic mass is 10.1. The second kappa shape index (κ2) is 8.91. The SMILES string of the molecule is CCOC(=O)c1c(NC(=O)CCC(=O)n2ccc3ccccc32)sc(C(N)=O)c1C. The van der Waals surface area contributed by atoms with E-state index in [1.165, 1.54) is 4.57 Å². The maximum atomic E-state index is 12.5. The summed E-state index contributed by atoms with van der Waals surface area (Å²) < 4.78 is 6.53. The zero-order valence-corrected chi connectivity index (χ0v) is 17.4. The Kier molecular flexibility index (Phi) is 6.31. The van der Waals surface area contributed by atoms with Crippen molar-refractivity contribution in [3.05, 3.63) is 52.5 Å². The molecule has 0 aliphatic heterocycles. The van der Waals surface area contributed by atoms with Crippen molar-refractivity contribution in [3.8, 4) is 0 Å². The minimum atomic E-state index is -0.696. The molecule has 0 bridgehead atoms. The van der Waals surface area contributed by atoms with Gasteiger partial charge in [0, 0.05) is 24.4 Å². The van der Waals surface area contributed by atoms with E-state index >= 15 is 0 Å². The van der Waals surface area contributed by atoms with E-state index in [-0.39, 0.29) is 40.8 Å². The number of carbonyl (C=O) groups is 4. The van der Waals surface area contributed by atoms with Gasteiger partial charge in [-0.25, -0.2) is 4.79 Å². The van der Waals surface area contributed by atoms with E-state index in [9.17, 15) is 19.2 Å². The van der Waals surface area contributed by atoms with Gasteiger partial charge in [0.25, 0.3) is 5.91 Å². The summed E-state index contributed by atoms with van der Waals surface area (Å²) in [6, 6.07) is 9.29. The molecular weight excluding hydrogens is 406 g/mol. The van der Waals surface area contributed by atoms with Crippen LogP contribution in [-0.4, -0.2) is 34.9 Å². The van der Waals surface area contributed by atoms with Crippen LogP contribution in [0.4, 0.5) is 5.00 Å². The summed E-state index contributed by atoms with van der Waals surface area (Å²) in [5, 5.41) is 3.73. The van der Waals surface area contributed by atoms with E-state index in [0.29, 0.717) is 5.56 Å². The molecule has 0 atom stereocenters. The highest BCUT2D eigenvalue weighted by molar-refractivity contribution is 7.18. The van der Waals surface area contributed by atoms with E-state index in [2.05, 4.69) is 5.32 Å². The summed E-state index contributed by atoms with van der Waals surface area (Å²) in [4.78, 5) is 49.0. The zero-order valence-electron chi connectivity index (χ0n) is 16.6. The molecule has 8 nitrogen and oxygen atoms in total. The van der Waals surface area contributed by atoms with Crippen molar-refractivity contribution in [1.29, 1.82) is 0 Å². The molecular formula is C21H21N3O5S. The molecule has 0 radical (unpaired) electrons. The predicted molar refractivity (Wildman–Crippen MR) is 114 cm³/mol. The van der Waals surface area contributed by atoms with Gasteiger partial charge in [0.05, 0.1) is 22.6 Å². The van der Waals surface area contributed by atoms with Crippen LogP contribution in [0.15, 0.2) is 36.5 Å². The molecule has 0 saturated carbocycles. The smallest absolute Gasteiger partial charge is 0.341 e. The second-order valence-corrected chi connectivity index (χ2v) is 7.55. The highest BCUT2D eigenvalue weighted by Gasteiger charge is 2.25. The Morgan fingerprint density at radius 2 is 1.87 bits per heavy atom. The molecule has 0 aliphatic rings. The molecule has 2 amide bonds. The molecule has 0 spiro atoms. The molecule has 3 aromatic rings. The third-order valence-electron chi connectivity index (χ3n) is 4.54. The highest BCUT2D eigenvalue weighted by atomic mass is 32.1. The number of carbonyl (C=O) groups excluding carboxylic acids is 4. The lowest BCUT2D eigenvalue weighted by Crippen LogP contribution is -2.17. The van der Waals surface area contributed by atoms with Crippen molar-refractivity contribution in [2.45, 2.75) is 26.7 Å². The Hall–Kier alpha value is -3.46. The second-order valence-electron chi connectivity index (χ2n) is 6.53. The summed E-state index contributed by atoms with van der Waals surface area (Å²) in [6.07, 6.45) is 1.56. The molecule has 3 rings (SSSR count). The fourth-order valence-corrected chi connectivity index (χ4v) is 4.18. The molecule has 0 saturated heterocycles. The number of ether oxygens (including phenoxy) is 1. The van der Waals surface area contributed by atoms with Crippen LogP contribution in [0.3, 0.4) is 0 Å². The van der Waals surface area contributed by atoms with E-state index in [4.69, 9.17) is 10.5 Å². The van der Waals surface area contributed by atoms with E-state index in [1.54, 1.807) is 20.0 Å². The number of primary amides is 1. The number of aromatic nitrogens is 1. The number of rotatable bonds is 7. The maximum absolute atomic E-state index is 12.5. The third kappa shape index (κ3) is 4.25. The molecule has 3 N–H and O–H groups in total. The van der Waals surface area contributed by atoms with Gasteiger partial charge in [-0.1, -0.05) is 18.2 Å². The number of benzene rings is 1. The van der Waals surface area contributed by atoms with Crippen molar-refractivity contribution in [2.75, 3.05) is 11.9 Å². The summed E-state index contributed by atoms with van der Waals surface area (Å²) >= 11 is 0.913. The first-order valence-corrected chi connectivity index (χ1v) is 10.1. The largest absolute Gasteiger partial charge is 0.462 e. The quantitative estimate of drug-likeness (QED) is 0.560. The number of thiophene rings is 1. The van der Waals surface area contributed by atoms with Gasteiger partial charge in [-0.3, -0.25) is 19.0 Å². The van der Waals surface area contributed by atoms with Crippen molar-refractivity contribution in [1.82, 2.24) is 4.57 Å². The van der Waals surface area contributed by atoms with Gasteiger partial charge >= 0.3 is 5.97 Å². The molecule has 2 heterocycles. The van der Waals surface area contributed by atoms with Gasteiger partial charge in [-0.05, 0) is 31.5 Å². The minimum absolute atomic E-state index is 0.0215. The standard InChI is InChI=1S/C21H21N3O5S/c1-3-29-21(28)17-12(2)18(19(22)27)30-20(17)23-15(25)8-9-16(26)24-11-10-13-6-4-5-7-14(13)24/h4-7,10-11H,3,8-9H2,1-2H3,(H2,22,27)(H,23,25). The molecule has 30 heavy (non-hydrogen) atoms. The van der Waals surface area contributed by atoms with Crippen molar-refractivity contribution < 1.29 is 23.9 Å². The molecule has 0 unspecified atom stereocenters. The Balaban J connectivity index is 1.73. The van der Waals surface area contributed by atoms with Crippen LogP contribution in [0.2, 0.25) is 0 Å². The number of fused-ring (bicyclic) bond motifs is 1. The van der Waals surface area contributed by atoms with Crippen LogP contribution in [-0.2, 0) is 9.53 Å². The van der Waals surface area contributed by atoms with Crippen molar-refractivity contribution >= 4 is 50.9 Å². The summed E-state index contributed by atoms with van der Waals surface area (Å²) in [5.41, 5.74) is 6.59. The number of hydrogen-bond acceptors (Lipinski definition) is 6. The first kappa shape index (κ1) is 21.3. The topological polar surface area (TPSA) is 120 Å². The predicted octanol–water partition coefficient (Wildman–Crippen LogP) is 3.35. The Bertz CT molecular complexity index is 1140. The first-order chi connectivity index (χ1) is 14.3. The van der Waals surface area contributed by atoms with Crippen molar-refractivity contribution in [2.24, 2.45) is 5.73 Å². The summed E-state index contributed by atoms with van der Waals surface area (Å²) in [7, 11) is 0. The van der Waals surface area contributed by atoms with E-state index in [1.807, 2.05) is 30.3 Å². The highest BCUT2D eigenvalue weighted by Crippen LogP contribution is 2.33. The third-order valence-corrected chi connectivity index (χ3v) is 5.76. The number of nitrogens with one attached hydrogen (secondary N) is 1. The number of para-hydroxylation sites is 1. The van der Waals surface area contributed by atoms with Crippen LogP contribution >= 0.6 is 11.3 Å². The number of hydrogen-bond donors (Lipinski definition) is 2. The average molecular weight is 427 g/mol. The summed E-state index contributed by atoms with van der Waals surface area (Å²) in [5.74, 6) is -2.03. The minimum Gasteiger partial charge on any atom is -0.462 e. The molecule has 0 aliphatic carbocycles. The molecule has 156 valence electrons. The van der Waals surface area contributed by atoms with Gasteiger partial charge in [0.15, 0.2) is 0 Å². The van der Waals surface area contributed by atoms with Gasteiger partial charge in [0.2, 0.25) is 11.8 Å². The van der Waals surface area contributed by atoms with E-state index in [0.717, 1.165) is 22.2 Å². The van der Waals surface area contributed by atoms with E-state index < -0.39 is 17.8 Å². The molecule has 0 fully saturated rings. The Morgan fingerprint density at radius 3 is 2.57 bits per heavy atom. The normalized spacial score (nSPS) is 10.7. The van der Waals surface area contributed by atoms with Crippen LogP contribution in [0.1, 0.15) is 50.2 Å². The van der Waals surface area contributed by atoms with Crippen LogP contribution in [0, 0.1) is 6.92 Å². The average Bonchev–Trinajstić information content (AvgIpc) is 3.27. The van der Waals surface area contributed by atoms with Gasteiger partial charge in [0.1, 0.15) is 5.00 Å². The first-order valence-electron chi connectivity index (χ1n) is 9.33. The monoisotopic (exact) mass is 427 g/mol. The Morgan fingerprint density at radius 1 is 1.13 bits per heavy atom. The van der Waals surface area contributed by atoms with Crippen LogP contribution in [0.5, 0.6) is 0 Å². The van der Waals surface area contributed by atoms with Gasteiger partial charge < -0.3 is 15.8 Å². The number of esters is 1. The number of nitrogens with zero attached hydrogens (tertiary/aromatic N) is 1. The summed E-state index contributed by atoms with van der Waals surface area (Å²) in [6.45, 7) is 3.37. The fourth-order valence-electron chi connectivity index (χ4n) is 3.12. The molecule has 2 aromatic heterocycles. The van der Waals surface area contributed by atoms with Crippen LogP contribution in [0.25, 0.3) is 10.9 Å². The lowest BCUT2D eigenvalue weighted by Gasteiger charge is -2.07. The molecule has 9 heteroatoms. The molecule has 1 aromatic carbocycles. The van der Waals surface area contributed by atoms with Crippen LogP contribution < -0.4 is 11.1 Å². The number of anilines is 1. The Labute approximate surface area is 176 Å². The van der Waals surface area contributed by atoms with Gasteiger partial charge in [-0.15, -0.1) is 11.3 Å².